The molecule has 1 fully saturated rings. The standard InChI is InChI=1S/C13H12FNO4/c1-19-11-3-2-8(14)6-9(11)10(16)7-15-12(17)4-5-13(15)18/h2-3,6H,4-5,7H2,1H3. The van der Waals surface area contributed by atoms with Gasteiger partial charge in [0.2, 0.25) is 11.8 Å². The van der Waals surface area contributed by atoms with E-state index in [0.717, 1.165) is 11.0 Å². The van der Waals surface area contributed by atoms with Crippen molar-refractivity contribution < 1.29 is 23.5 Å². The highest BCUT2D eigenvalue weighted by Gasteiger charge is 2.31. The number of carbonyl (C=O) groups is 3. The minimum Gasteiger partial charge on any atom is -0.496 e. The molecule has 1 aliphatic heterocycles. The van der Waals surface area contributed by atoms with Crippen molar-refractivity contribution in [3.63, 3.8) is 0 Å². The van der Waals surface area contributed by atoms with Gasteiger partial charge < -0.3 is 4.74 Å². The Hall–Kier alpha value is -2.24. The Kier molecular flexibility index (Phi) is 3.59. The lowest BCUT2D eigenvalue weighted by Crippen LogP contribution is -2.34. The molecule has 0 N–H and O–H groups in total. The van der Waals surface area contributed by atoms with Gasteiger partial charge in [0.1, 0.15) is 11.6 Å². The number of hydrogen-bond acceptors (Lipinski definition) is 4. The van der Waals surface area contributed by atoms with Crippen molar-refractivity contribution in [2.45, 2.75) is 12.8 Å². The maximum absolute atomic E-state index is 13.2. The number of benzene rings is 1. The van der Waals surface area contributed by atoms with Gasteiger partial charge in [-0.25, -0.2) is 4.39 Å². The molecular weight excluding hydrogens is 253 g/mol. The third-order valence-electron chi connectivity index (χ3n) is 2.92. The zero-order chi connectivity index (χ0) is 14.0. The highest BCUT2D eigenvalue weighted by Crippen LogP contribution is 2.21. The molecule has 5 nitrogen and oxygen atoms in total. The normalized spacial score (nSPS) is 14.9. The first-order chi connectivity index (χ1) is 9.02. The molecule has 1 aromatic rings. The van der Waals surface area contributed by atoms with Crippen molar-refractivity contribution in [3.8, 4) is 5.75 Å². The van der Waals surface area contributed by atoms with E-state index in [0.29, 0.717) is 0 Å². The molecule has 0 spiro atoms. The number of rotatable bonds is 4. The van der Waals surface area contributed by atoms with Crippen LogP contribution in [-0.4, -0.2) is 36.2 Å². The smallest absolute Gasteiger partial charge is 0.230 e. The topological polar surface area (TPSA) is 63.7 Å². The van der Waals surface area contributed by atoms with E-state index in [4.69, 9.17) is 4.74 Å². The SMILES string of the molecule is COc1ccc(F)cc1C(=O)CN1C(=O)CCC1=O. The summed E-state index contributed by atoms with van der Waals surface area (Å²) in [5.74, 6) is -1.66. The second kappa shape index (κ2) is 5.17. The molecule has 2 amide bonds. The average molecular weight is 265 g/mol. The first-order valence-electron chi connectivity index (χ1n) is 5.73. The van der Waals surface area contributed by atoms with Crippen LogP contribution in [0.4, 0.5) is 4.39 Å². The van der Waals surface area contributed by atoms with E-state index in [1.807, 2.05) is 0 Å². The molecule has 0 aromatic heterocycles. The summed E-state index contributed by atoms with van der Waals surface area (Å²) in [6, 6.07) is 3.53. The molecule has 0 aliphatic carbocycles. The number of methoxy groups -OCH3 is 1. The quantitative estimate of drug-likeness (QED) is 0.605. The van der Waals surface area contributed by atoms with Gasteiger partial charge in [-0.1, -0.05) is 0 Å². The van der Waals surface area contributed by atoms with Crippen LogP contribution in [0.15, 0.2) is 18.2 Å². The van der Waals surface area contributed by atoms with Gasteiger partial charge in [-0.2, -0.15) is 0 Å². The van der Waals surface area contributed by atoms with E-state index in [1.165, 1.54) is 19.2 Å². The zero-order valence-corrected chi connectivity index (χ0v) is 10.3. The van der Waals surface area contributed by atoms with Crippen molar-refractivity contribution in [2.24, 2.45) is 0 Å². The second-order valence-electron chi connectivity index (χ2n) is 4.14. The molecule has 1 aliphatic rings. The zero-order valence-electron chi connectivity index (χ0n) is 10.3. The summed E-state index contributed by atoms with van der Waals surface area (Å²) in [5.41, 5.74) is 0.0231. The summed E-state index contributed by atoms with van der Waals surface area (Å²) in [4.78, 5) is 35.8. The number of amides is 2. The molecule has 0 atom stereocenters. The minimum absolute atomic E-state index is 0.0231. The molecule has 0 unspecified atom stereocenters. The highest BCUT2D eigenvalue weighted by molar-refractivity contribution is 6.08. The number of hydrogen-bond donors (Lipinski definition) is 0. The Morgan fingerprint density at radius 2 is 1.95 bits per heavy atom. The summed E-state index contributed by atoms with van der Waals surface area (Å²) in [6.45, 7) is -0.378. The molecule has 0 radical (unpaired) electrons. The third-order valence-corrected chi connectivity index (χ3v) is 2.92. The van der Waals surface area contributed by atoms with E-state index < -0.39 is 11.6 Å². The van der Waals surface area contributed by atoms with Crippen LogP contribution < -0.4 is 4.74 Å². The van der Waals surface area contributed by atoms with E-state index in [-0.39, 0.29) is 42.5 Å². The number of ketones is 1. The van der Waals surface area contributed by atoms with Gasteiger partial charge in [0.25, 0.3) is 0 Å². The number of ether oxygens (including phenoxy) is 1. The van der Waals surface area contributed by atoms with Crippen LogP contribution in [0.3, 0.4) is 0 Å². The van der Waals surface area contributed by atoms with Gasteiger partial charge in [0.15, 0.2) is 5.78 Å². The molecular formula is C13H12FNO4. The van der Waals surface area contributed by atoms with Gasteiger partial charge in [0, 0.05) is 12.8 Å². The fraction of sp³-hybridized carbons (Fsp3) is 0.308. The Bertz CT molecular complexity index is 540. The van der Waals surface area contributed by atoms with Gasteiger partial charge in [-0.05, 0) is 18.2 Å². The number of nitrogens with zero attached hydrogens (tertiary/aromatic N) is 1. The van der Waals surface area contributed by atoms with Crippen LogP contribution in [0.1, 0.15) is 23.2 Å². The molecule has 0 saturated carbocycles. The van der Waals surface area contributed by atoms with E-state index in [9.17, 15) is 18.8 Å². The van der Waals surface area contributed by atoms with Crippen molar-refractivity contribution in [1.82, 2.24) is 4.90 Å². The first kappa shape index (κ1) is 13.2. The fourth-order valence-corrected chi connectivity index (χ4v) is 1.93. The summed E-state index contributed by atoms with van der Waals surface area (Å²) in [7, 11) is 1.36. The lowest BCUT2D eigenvalue weighted by Gasteiger charge is -2.14. The molecule has 1 saturated heterocycles. The summed E-state index contributed by atoms with van der Waals surface area (Å²) < 4.78 is 18.1. The molecule has 19 heavy (non-hydrogen) atoms. The number of likely N-dealkylation sites (tertiary alicyclic amines) is 1. The van der Waals surface area contributed by atoms with Gasteiger partial charge in [-0.3, -0.25) is 19.3 Å². The maximum Gasteiger partial charge on any atom is 0.230 e. The Morgan fingerprint density at radius 3 is 2.53 bits per heavy atom. The number of imide groups is 1. The molecule has 2 rings (SSSR count). The van der Waals surface area contributed by atoms with Crippen molar-refractivity contribution in [1.29, 1.82) is 0 Å². The van der Waals surface area contributed by atoms with Crippen LogP contribution in [0, 0.1) is 5.82 Å². The Balaban J connectivity index is 2.22. The van der Waals surface area contributed by atoms with Crippen molar-refractivity contribution >= 4 is 17.6 Å². The Morgan fingerprint density at radius 1 is 1.32 bits per heavy atom. The minimum atomic E-state index is -0.580. The van der Waals surface area contributed by atoms with E-state index >= 15 is 0 Å². The maximum atomic E-state index is 13.2. The van der Waals surface area contributed by atoms with Crippen LogP contribution in [0.25, 0.3) is 0 Å². The molecule has 6 heteroatoms. The molecule has 100 valence electrons. The Labute approximate surface area is 109 Å². The second-order valence-corrected chi connectivity index (χ2v) is 4.14. The third kappa shape index (κ3) is 2.62. The number of Topliss-reactive ketones (excluding diaryl/α,β-unsaturated/α-hetero) is 1. The predicted octanol–water partition coefficient (Wildman–Crippen LogP) is 1.17. The van der Waals surface area contributed by atoms with E-state index in [1.54, 1.807) is 0 Å². The monoisotopic (exact) mass is 265 g/mol. The van der Waals surface area contributed by atoms with Crippen LogP contribution in [-0.2, 0) is 9.59 Å². The average Bonchev–Trinajstić information content (AvgIpc) is 2.70. The van der Waals surface area contributed by atoms with Crippen LogP contribution in [0.2, 0.25) is 0 Å². The molecule has 0 bridgehead atoms. The lowest BCUT2D eigenvalue weighted by atomic mass is 10.1. The van der Waals surface area contributed by atoms with Crippen LogP contribution >= 0.6 is 0 Å². The summed E-state index contributed by atoms with van der Waals surface area (Å²) in [5, 5.41) is 0. The summed E-state index contributed by atoms with van der Waals surface area (Å²) in [6.07, 6.45) is 0.235. The molecule has 1 heterocycles. The summed E-state index contributed by atoms with van der Waals surface area (Å²) >= 11 is 0. The fourth-order valence-electron chi connectivity index (χ4n) is 1.93. The van der Waals surface area contributed by atoms with Gasteiger partial charge >= 0.3 is 0 Å². The van der Waals surface area contributed by atoms with E-state index in [2.05, 4.69) is 0 Å². The van der Waals surface area contributed by atoms with Gasteiger partial charge in [0.05, 0.1) is 19.2 Å². The predicted molar refractivity (Wildman–Crippen MR) is 63.2 cm³/mol. The van der Waals surface area contributed by atoms with Gasteiger partial charge in [-0.15, -0.1) is 0 Å². The van der Waals surface area contributed by atoms with Crippen LogP contribution in [0.5, 0.6) is 5.75 Å². The number of carbonyl (C=O) groups excluding carboxylic acids is 3. The van der Waals surface area contributed by atoms with Crippen molar-refractivity contribution in [3.05, 3.63) is 29.6 Å². The highest BCUT2D eigenvalue weighted by atomic mass is 19.1. The van der Waals surface area contributed by atoms with Crippen molar-refractivity contribution in [2.75, 3.05) is 13.7 Å². The largest absolute Gasteiger partial charge is 0.496 e. The lowest BCUT2D eigenvalue weighted by molar-refractivity contribution is -0.137. The first-order valence-corrected chi connectivity index (χ1v) is 5.73. The molecule has 1 aromatic carbocycles. The number of halogens is 1.